The normalized spacial score (nSPS) is 25.8. The lowest BCUT2D eigenvalue weighted by atomic mass is 10.7. The highest BCUT2D eigenvalue weighted by Gasteiger charge is 2.11. The zero-order chi connectivity index (χ0) is 11.7. The number of hydrogen-bond acceptors (Lipinski definition) is 7. The van der Waals surface area contributed by atoms with Crippen molar-refractivity contribution in [3.05, 3.63) is 0 Å². The summed E-state index contributed by atoms with van der Waals surface area (Å²) in [4.78, 5) is 0. The SMILES string of the molecule is O=S1(=O)OCCOCCOCCOCCO1. The first-order chi connectivity index (χ1) is 7.71. The van der Waals surface area contributed by atoms with Gasteiger partial charge in [-0.15, -0.1) is 0 Å². The van der Waals surface area contributed by atoms with Crippen molar-refractivity contribution in [1.82, 2.24) is 0 Å². The summed E-state index contributed by atoms with van der Waals surface area (Å²) >= 11 is 0. The second kappa shape index (κ2) is 7.93. The molecular weight excluding hydrogens is 240 g/mol. The topological polar surface area (TPSA) is 80.3 Å². The maximum absolute atomic E-state index is 11.1. The van der Waals surface area contributed by atoms with Gasteiger partial charge in [0.1, 0.15) is 0 Å². The van der Waals surface area contributed by atoms with Crippen LogP contribution in [0.3, 0.4) is 0 Å². The summed E-state index contributed by atoms with van der Waals surface area (Å²) in [6.07, 6.45) is 0. The van der Waals surface area contributed by atoms with Crippen LogP contribution < -0.4 is 0 Å². The monoisotopic (exact) mass is 256 g/mol. The van der Waals surface area contributed by atoms with Crippen LogP contribution in [0.1, 0.15) is 0 Å². The van der Waals surface area contributed by atoms with Crippen LogP contribution in [0.15, 0.2) is 0 Å². The van der Waals surface area contributed by atoms with Gasteiger partial charge in [0.25, 0.3) is 0 Å². The Morgan fingerprint density at radius 3 is 1.25 bits per heavy atom. The molecule has 1 heterocycles. The predicted octanol–water partition coefficient (Wildman–Crippen LogP) is -0.672. The minimum absolute atomic E-state index is 0.0663. The summed E-state index contributed by atoms with van der Waals surface area (Å²) in [6, 6.07) is 0. The highest BCUT2D eigenvalue weighted by atomic mass is 32.3. The van der Waals surface area contributed by atoms with Gasteiger partial charge in [-0.1, -0.05) is 0 Å². The lowest BCUT2D eigenvalue weighted by Gasteiger charge is -2.09. The summed E-state index contributed by atoms with van der Waals surface area (Å²) in [5, 5.41) is 0. The van der Waals surface area contributed by atoms with Crippen LogP contribution in [-0.4, -0.2) is 61.3 Å². The Morgan fingerprint density at radius 1 is 0.562 bits per heavy atom. The third-order valence-corrected chi connectivity index (χ3v) is 2.57. The van der Waals surface area contributed by atoms with Gasteiger partial charge in [-0.2, -0.15) is 8.42 Å². The van der Waals surface area contributed by atoms with Crippen molar-refractivity contribution in [2.75, 3.05) is 52.9 Å². The van der Waals surface area contributed by atoms with E-state index in [9.17, 15) is 8.42 Å². The summed E-state index contributed by atoms with van der Waals surface area (Å²) in [6.45, 7) is 1.92. The fourth-order valence-electron chi connectivity index (χ4n) is 0.966. The quantitative estimate of drug-likeness (QED) is 0.568. The Hall–Kier alpha value is -0.250. The van der Waals surface area contributed by atoms with E-state index in [2.05, 4.69) is 8.37 Å². The van der Waals surface area contributed by atoms with Gasteiger partial charge < -0.3 is 14.2 Å². The van der Waals surface area contributed by atoms with Crippen LogP contribution >= 0.6 is 0 Å². The predicted molar refractivity (Wildman–Crippen MR) is 53.3 cm³/mol. The molecule has 0 bridgehead atoms. The Labute approximate surface area is 94.9 Å². The minimum Gasteiger partial charge on any atom is -0.377 e. The molecule has 0 unspecified atom stereocenters. The molecule has 1 fully saturated rings. The molecule has 8 heteroatoms. The van der Waals surface area contributed by atoms with Crippen molar-refractivity contribution in [3.63, 3.8) is 0 Å². The maximum atomic E-state index is 11.1. The molecule has 0 aliphatic carbocycles. The minimum atomic E-state index is -3.92. The first kappa shape index (κ1) is 13.8. The van der Waals surface area contributed by atoms with E-state index in [1.165, 1.54) is 0 Å². The highest BCUT2D eigenvalue weighted by Crippen LogP contribution is 1.96. The molecule has 1 saturated heterocycles. The first-order valence-electron chi connectivity index (χ1n) is 4.98. The molecule has 1 aliphatic heterocycles. The lowest BCUT2D eigenvalue weighted by Crippen LogP contribution is -2.19. The van der Waals surface area contributed by atoms with Crippen LogP contribution in [0.2, 0.25) is 0 Å². The third-order valence-electron chi connectivity index (χ3n) is 1.65. The molecule has 0 amide bonds. The lowest BCUT2D eigenvalue weighted by molar-refractivity contribution is -0.00136. The Bertz CT molecular complexity index is 244. The fraction of sp³-hybridized carbons (Fsp3) is 1.00. The van der Waals surface area contributed by atoms with Gasteiger partial charge in [0.2, 0.25) is 0 Å². The van der Waals surface area contributed by atoms with E-state index in [0.717, 1.165) is 0 Å². The van der Waals surface area contributed by atoms with Crippen molar-refractivity contribution < 1.29 is 31.0 Å². The van der Waals surface area contributed by atoms with Gasteiger partial charge in [0.05, 0.1) is 52.9 Å². The van der Waals surface area contributed by atoms with Crippen LogP contribution in [-0.2, 0) is 33.0 Å². The summed E-state index contributed by atoms with van der Waals surface area (Å²) in [7, 11) is -3.92. The van der Waals surface area contributed by atoms with Crippen LogP contribution in [0.4, 0.5) is 0 Å². The zero-order valence-electron chi connectivity index (χ0n) is 8.92. The molecule has 1 rings (SSSR count). The van der Waals surface area contributed by atoms with E-state index in [-0.39, 0.29) is 26.4 Å². The molecule has 0 aromatic carbocycles. The van der Waals surface area contributed by atoms with Crippen LogP contribution in [0.25, 0.3) is 0 Å². The van der Waals surface area contributed by atoms with E-state index in [1.807, 2.05) is 0 Å². The van der Waals surface area contributed by atoms with Crippen molar-refractivity contribution in [3.8, 4) is 0 Å². The van der Waals surface area contributed by atoms with Crippen LogP contribution in [0, 0.1) is 0 Å². The van der Waals surface area contributed by atoms with Crippen molar-refractivity contribution in [2.45, 2.75) is 0 Å². The largest absolute Gasteiger partial charge is 0.400 e. The number of rotatable bonds is 0. The molecule has 0 spiro atoms. The van der Waals surface area contributed by atoms with Gasteiger partial charge in [0, 0.05) is 0 Å². The molecule has 0 N–H and O–H groups in total. The average molecular weight is 256 g/mol. The Morgan fingerprint density at radius 2 is 0.875 bits per heavy atom. The Balaban J connectivity index is 2.27. The van der Waals surface area contributed by atoms with E-state index in [4.69, 9.17) is 14.2 Å². The van der Waals surface area contributed by atoms with Crippen molar-refractivity contribution in [2.24, 2.45) is 0 Å². The Kier molecular flexibility index (Phi) is 6.85. The fourth-order valence-corrected chi connectivity index (χ4v) is 1.58. The van der Waals surface area contributed by atoms with E-state index in [0.29, 0.717) is 26.4 Å². The van der Waals surface area contributed by atoms with Gasteiger partial charge >= 0.3 is 10.4 Å². The molecule has 0 aromatic rings. The smallest absolute Gasteiger partial charge is 0.377 e. The molecule has 0 saturated carbocycles. The molecule has 96 valence electrons. The maximum Gasteiger partial charge on any atom is 0.400 e. The molecule has 16 heavy (non-hydrogen) atoms. The standard InChI is InChI=1S/C8H16O7S/c9-16(10)14-7-5-12-3-1-11-2-4-13-6-8-15-16/h1-8H2. The molecule has 0 atom stereocenters. The number of hydrogen-bond donors (Lipinski definition) is 0. The summed E-state index contributed by atoms with van der Waals surface area (Å²) in [5.74, 6) is 0. The van der Waals surface area contributed by atoms with Crippen molar-refractivity contribution in [1.29, 1.82) is 0 Å². The summed E-state index contributed by atoms with van der Waals surface area (Å²) in [5.41, 5.74) is 0. The molecule has 1 aliphatic rings. The van der Waals surface area contributed by atoms with E-state index >= 15 is 0 Å². The third kappa shape index (κ3) is 7.09. The molecule has 0 radical (unpaired) electrons. The highest BCUT2D eigenvalue weighted by molar-refractivity contribution is 7.81. The molecular formula is C8H16O7S. The van der Waals surface area contributed by atoms with Gasteiger partial charge in [-0.05, 0) is 0 Å². The van der Waals surface area contributed by atoms with Gasteiger partial charge in [-0.3, -0.25) is 0 Å². The van der Waals surface area contributed by atoms with E-state index < -0.39 is 10.4 Å². The van der Waals surface area contributed by atoms with Crippen molar-refractivity contribution >= 4 is 10.4 Å². The average Bonchev–Trinajstić information content (AvgIpc) is 2.24. The zero-order valence-corrected chi connectivity index (χ0v) is 9.74. The molecule has 0 aromatic heterocycles. The van der Waals surface area contributed by atoms with E-state index in [1.54, 1.807) is 0 Å². The second-order valence-electron chi connectivity index (χ2n) is 2.89. The molecule has 7 nitrogen and oxygen atoms in total. The van der Waals surface area contributed by atoms with Gasteiger partial charge in [-0.25, -0.2) is 8.37 Å². The second-order valence-corrected chi connectivity index (χ2v) is 4.18. The summed E-state index contributed by atoms with van der Waals surface area (Å²) < 4.78 is 46.4. The number of ether oxygens (including phenoxy) is 3. The van der Waals surface area contributed by atoms with Crippen LogP contribution in [0.5, 0.6) is 0 Å². The first-order valence-corrected chi connectivity index (χ1v) is 6.31. The van der Waals surface area contributed by atoms with Gasteiger partial charge in [0.15, 0.2) is 0 Å².